The molecular formula is C13H19N5O2. The molecule has 7 nitrogen and oxygen atoms in total. The van der Waals surface area contributed by atoms with Crippen LogP contribution in [0.15, 0.2) is 18.6 Å². The highest BCUT2D eigenvalue weighted by Crippen LogP contribution is 2.17. The van der Waals surface area contributed by atoms with E-state index in [9.17, 15) is 4.79 Å². The molecule has 0 aliphatic rings. The van der Waals surface area contributed by atoms with Crippen molar-refractivity contribution in [2.45, 2.75) is 26.3 Å². The fourth-order valence-electron chi connectivity index (χ4n) is 1.81. The van der Waals surface area contributed by atoms with Crippen molar-refractivity contribution in [1.29, 1.82) is 0 Å². The maximum atomic E-state index is 11.5. The van der Waals surface area contributed by atoms with Gasteiger partial charge in [-0.1, -0.05) is 6.92 Å². The number of methoxy groups -OCH3 is 1. The van der Waals surface area contributed by atoms with Gasteiger partial charge in [0.05, 0.1) is 13.3 Å². The lowest BCUT2D eigenvalue weighted by Gasteiger charge is -2.14. The minimum atomic E-state index is -0.491. The van der Waals surface area contributed by atoms with Crippen molar-refractivity contribution < 1.29 is 9.53 Å². The van der Waals surface area contributed by atoms with Gasteiger partial charge in [-0.05, 0) is 13.3 Å². The fraction of sp³-hybridized carbons (Fsp3) is 0.462. The summed E-state index contributed by atoms with van der Waals surface area (Å²) in [6, 6.07) is -0.491. The van der Waals surface area contributed by atoms with Crippen LogP contribution >= 0.6 is 0 Å². The van der Waals surface area contributed by atoms with Gasteiger partial charge in [0, 0.05) is 18.9 Å². The maximum Gasteiger partial charge on any atom is 0.328 e. The number of carbonyl (C=O) groups is 1. The molecule has 0 saturated heterocycles. The van der Waals surface area contributed by atoms with Gasteiger partial charge in [-0.2, -0.15) is 0 Å². The SMILES string of the molecule is CCCNc1cn2ccnc2c(NC(C)C(=O)OC)n1. The molecule has 20 heavy (non-hydrogen) atoms. The number of esters is 1. The highest BCUT2D eigenvalue weighted by molar-refractivity contribution is 5.80. The molecule has 1 unspecified atom stereocenters. The Bertz CT molecular complexity index is 595. The molecule has 2 aromatic rings. The van der Waals surface area contributed by atoms with E-state index in [0.29, 0.717) is 11.5 Å². The monoisotopic (exact) mass is 277 g/mol. The predicted molar refractivity (Wildman–Crippen MR) is 76.9 cm³/mol. The van der Waals surface area contributed by atoms with Crippen LogP contribution in [-0.2, 0) is 9.53 Å². The fourth-order valence-corrected chi connectivity index (χ4v) is 1.81. The van der Waals surface area contributed by atoms with E-state index >= 15 is 0 Å². The zero-order chi connectivity index (χ0) is 14.5. The molecule has 0 amide bonds. The number of carbonyl (C=O) groups excluding carboxylic acids is 1. The van der Waals surface area contributed by atoms with Gasteiger partial charge >= 0.3 is 5.97 Å². The molecule has 0 aliphatic carbocycles. The summed E-state index contributed by atoms with van der Waals surface area (Å²) in [4.78, 5) is 20.2. The average molecular weight is 277 g/mol. The van der Waals surface area contributed by atoms with Crippen molar-refractivity contribution in [3.8, 4) is 0 Å². The molecule has 0 fully saturated rings. The minimum absolute atomic E-state index is 0.344. The van der Waals surface area contributed by atoms with E-state index in [0.717, 1.165) is 18.8 Å². The third-order valence-electron chi connectivity index (χ3n) is 2.84. The van der Waals surface area contributed by atoms with Crippen LogP contribution in [0.3, 0.4) is 0 Å². The van der Waals surface area contributed by atoms with Crippen molar-refractivity contribution in [2.24, 2.45) is 0 Å². The summed E-state index contributed by atoms with van der Waals surface area (Å²) in [7, 11) is 1.36. The van der Waals surface area contributed by atoms with Crippen LogP contribution in [0.5, 0.6) is 0 Å². The molecule has 0 aromatic carbocycles. The molecule has 2 aromatic heterocycles. The largest absolute Gasteiger partial charge is 0.467 e. The zero-order valence-corrected chi connectivity index (χ0v) is 11.9. The minimum Gasteiger partial charge on any atom is -0.467 e. The summed E-state index contributed by atoms with van der Waals surface area (Å²) in [5.41, 5.74) is 0.669. The second-order valence-electron chi connectivity index (χ2n) is 4.45. The number of imidazole rings is 1. The standard InChI is InChI=1S/C13H19N5O2/c1-4-5-14-10-8-18-7-6-15-12(18)11(17-10)16-9(2)13(19)20-3/h6-9,14H,4-5H2,1-3H3,(H,16,17). The quantitative estimate of drug-likeness (QED) is 0.779. The number of nitrogens with zero attached hydrogens (tertiary/aromatic N) is 3. The zero-order valence-electron chi connectivity index (χ0n) is 11.9. The van der Waals surface area contributed by atoms with Crippen LogP contribution in [0.4, 0.5) is 11.6 Å². The van der Waals surface area contributed by atoms with Crippen molar-refractivity contribution in [2.75, 3.05) is 24.3 Å². The van der Waals surface area contributed by atoms with Crippen LogP contribution < -0.4 is 10.6 Å². The summed E-state index contributed by atoms with van der Waals surface area (Å²) in [6.45, 7) is 4.64. The molecule has 0 bridgehead atoms. The van der Waals surface area contributed by atoms with Crippen molar-refractivity contribution >= 4 is 23.3 Å². The van der Waals surface area contributed by atoms with Gasteiger partial charge in [0.25, 0.3) is 0 Å². The number of ether oxygens (including phenoxy) is 1. The molecule has 2 rings (SSSR count). The smallest absolute Gasteiger partial charge is 0.328 e. The first-order valence-corrected chi connectivity index (χ1v) is 6.57. The van der Waals surface area contributed by atoms with E-state index in [4.69, 9.17) is 4.74 Å². The van der Waals surface area contributed by atoms with E-state index in [-0.39, 0.29) is 5.97 Å². The lowest BCUT2D eigenvalue weighted by atomic mass is 10.3. The highest BCUT2D eigenvalue weighted by atomic mass is 16.5. The Morgan fingerprint density at radius 3 is 3.05 bits per heavy atom. The molecule has 0 radical (unpaired) electrons. The van der Waals surface area contributed by atoms with Crippen LogP contribution in [0.1, 0.15) is 20.3 Å². The number of nitrogens with one attached hydrogen (secondary N) is 2. The lowest BCUT2D eigenvalue weighted by molar-refractivity contribution is -0.141. The predicted octanol–water partition coefficient (Wildman–Crippen LogP) is 1.52. The van der Waals surface area contributed by atoms with Crippen LogP contribution in [0.25, 0.3) is 5.65 Å². The van der Waals surface area contributed by atoms with Gasteiger partial charge in [-0.25, -0.2) is 14.8 Å². The molecule has 1 atom stereocenters. The van der Waals surface area contributed by atoms with Gasteiger partial charge in [0.1, 0.15) is 11.9 Å². The van der Waals surface area contributed by atoms with Gasteiger partial charge < -0.3 is 19.8 Å². The van der Waals surface area contributed by atoms with Gasteiger partial charge in [0.15, 0.2) is 11.5 Å². The number of hydrogen-bond acceptors (Lipinski definition) is 6. The first kappa shape index (κ1) is 14.1. The van der Waals surface area contributed by atoms with Crippen LogP contribution in [0.2, 0.25) is 0 Å². The van der Waals surface area contributed by atoms with Crippen LogP contribution in [-0.4, -0.2) is 40.0 Å². The molecule has 2 heterocycles. The Morgan fingerprint density at radius 2 is 2.35 bits per heavy atom. The Labute approximate surface area is 117 Å². The third-order valence-corrected chi connectivity index (χ3v) is 2.84. The Kier molecular flexibility index (Phi) is 4.39. The molecular weight excluding hydrogens is 258 g/mol. The second kappa shape index (κ2) is 6.23. The van der Waals surface area contributed by atoms with Crippen molar-refractivity contribution in [1.82, 2.24) is 14.4 Å². The normalized spacial score (nSPS) is 12.2. The van der Waals surface area contributed by atoms with E-state index in [1.807, 2.05) is 16.8 Å². The maximum absolute atomic E-state index is 11.5. The number of rotatable bonds is 6. The molecule has 0 saturated carbocycles. The second-order valence-corrected chi connectivity index (χ2v) is 4.45. The van der Waals surface area contributed by atoms with Gasteiger partial charge in [-0.3, -0.25) is 0 Å². The summed E-state index contributed by atoms with van der Waals surface area (Å²) in [5, 5.41) is 6.25. The number of aromatic nitrogens is 3. The van der Waals surface area contributed by atoms with E-state index in [2.05, 4.69) is 27.5 Å². The van der Waals surface area contributed by atoms with E-state index in [1.54, 1.807) is 13.1 Å². The van der Waals surface area contributed by atoms with E-state index < -0.39 is 6.04 Å². The number of hydrogen-bond donors (Lipinski definition) is 2. The van der Waals surface area contributed by atoms with Gasteiger partial charge in [-0.15, -0.1) is 0 Å². The number of fused-ring (bicyclic) bond motifs is 1. The first-order valence-electron chi connectivity index (χ1n) is 6.57. The van der Waals surface area contributed by atoms with Crippen molar-refractivity contribution in [3.63, 3.8) is 0 Å². The van der Waals surface area contributed by atoms with Gasteiger partial charge in [0.2, 0.25) is 0 Å². The summed E-state index contributed by atoms with van der Waals surface area (Å²) in [5.74, 6) is 0.939. The molecule has 7 heteroatoms. The Hall–Kier alpha value is -2.31. The summed E-state index contributed by atoms with van der Waals surface area (Å²) < 4.78 is 6.56. The first-order chi connectivity index (χ1) is 9.65. The highest BCUT2D eigenvalue weighted by Gasteiger charge is 2.16. The molecule has 0 aliphatic heterocycles. The topological polar surface area (TPSA) is 80.5 Å². The third kappa shape index (κ3) is 2.98. The lowest BCUT2D eigenvalue weighted by Crippen LogP contribution is -2.28. The summed E-state index contributed by atoms with van der Waals surface area (Å²) in [6.07, 6.45) is 6.40. The molecule has 0 spiro atoms. The molecule has 2 N–H and O–H groups in total. The average Bonchev–Trinajstić information content (AvgIpc) is 2.92. The summed E-state index contributed by atoms with van der Waals surface area (Å²) >= 11 is 0. The number of anilines is 2. The van der Waals surface area contributed by atoms with E-state index in [1.165, 1.54) is 7.11 Å². The Balaban J connectivity index is 2.29. The van der Waals surface area contributed by atoms with Crippen LogP contribution in [0, 0.1) is 0 Å². The van der Waals surface area contributed by atoms with Crippen molar-refractivity contribution in [3.05, 3.63) is 18.6 Å². The Morgan fingerprint density at radius 1 is 1.55 bits per heavy atom. The molecule has 108 valence electrons.